The molecule has 0 aromatic heterocycles. The Labute approximate surface area is 77.7 Å². The van der Waals surface area contributed by atoms with E-state index in [1.54, 1.807) is 0 Å². The fourth-order valence-corrected chi connectivity index (χ4v) is 1.77. The molecule has 12 heavy (non-hydrogen) atoms. The summed E-state index contributed by atoms with van der Waals surface area (Å²) in [5, 5.41) is 0. The average molecular weight is 171 g/mol. The molecule has 0 bridgehead atoms. The summed E-state index contributed by atoms with van der Waals surface area (Å²) < 4.78 is 0. The third kappa shape index (κ3) is 4.76. The average Bonchev–Trinajstić information content (AvgIpc) is 2.00. The van der Waals surface area contributed by atoms with Crippen molar-refractivity contribution in [1.82, 2.24) is 0 Å². The van der Waals surface area contributed by atoms with E-state index in [1.807, 2.05) is 0 Å². The van der Waals surface area contributed by atoms with E-state index in [-0.39, 0.29) is 0 Å². The summed E-state index contributed by atoms with van der Waals surface area (Å²) in [7, 11) is 0. The normalized spacial score (nSPS) is 16.5. The van der Waals surface area contributed by atoms with Crippen molar-refractivity contribution in [3.63, 3.8) is 0 Å². The van der Waals surface area contributed by atoms with Crippen LogP contribution in [0.15, 0.2) is 0 Å². The maximum absolute atomic E-state index is 5.72. The zero-order valence-corrected chi connectivity index (χ0v) is 9.14. The van der Waals surface area contributed by atoms with Crippen molar-refractivity contribution in [2.45, 2.75) is 47.0 Å². The molecule has 2 N–H and O–H groups in total. The van der Waals surface area contributed by atoms with Crippen LogP contribution in [0.4, 0.5) is 0 Å². The van der Waals surface area contributed by atoms with Gasteiger partial charge in [-0.05, 0) is 30.7 Å². The van der Waals surface area contributed by atoms with Crippen LogP contribution < -0.4 is 5.73 Å². The molecule has 0 saturated heterocycles. The molecule has 0 radical (unpaired) electrons. The van der Waals surface area contributed by atoms with E-state index >= 15 is 0 Å². The Morgan fingerprint density at radius 3 is 2.08 bits per heavy atom. The minimum absolute atomic E-state index is 0.728. The summed E-state index contributed by atoms with van der Waals surface area (Å²) in [5.74, 6) is 2.33. The summed E-state index contributed by atoms with van der Waals surface area (Å²) in [6.45, 7) is 10.00. The molecular weight excluding hydrogens is 146 g/mol. The molecule has 0 saturated carbocycles. The van der Waals surface area contributed by atoms with Gasteiger partial charge in [-0.15, -0.1) is 0 Å². The highest BCUT2D eigenvalue weighted by Gasteiger charge is 2.14. The van der Waals surface area contributed by atoms with Crippen molar-refractivity contribution < 1.29 is 0 Å². The standard InChI is InChI=1S/C11H25N/c1-5-6-10(4)7-11(8-12)9(2)3/h9-11H,5-8,12H2,1-4H3. The molecule has 0 aliphatic carbocycles. The Kier molecular flexibility index (Phi) is 6.45. The van der Waals surface area contributed by atoms with E-state index in [0.29, 0.717) is 0 Å². The van der Waals surface area contributed by atoms with Gasteiger partial charge in [0.25, 0.3) is 0 Å². The fourth-order valence-electron chi connectivity index (χ4n) is 1.77. The van der Waals surface area contributed by atoms with Crippen LogP contribution in [-0.2, 0) is 0 Å². The first-order chi connectivity index (χ1) is 5.61. The minimum Gasteiger partial charge on any atom is -0.330 e. The summed E-state index contributed by atoms with van der Waals surface area (Å²) in [5.41, 5.74) is 5.72. The molecular formula is C11H25N. The van der Waals surface area contributed by atoms with Crippen molar-refractivity contribution >= 4 is 0 Å². The van der Waals surface area contributed by atoms with Gasteiger partial charge in [-0.25, -0.2) is 0 Å². The first-order valence-corrected chi connectivity index (χ1v) is 5.31. The van der Waals surface area contributed by atoms with Crippen molar-refractivity contribution in [2.75, 3.05) is 6.54 Å². The first kappa shape index (κ1) is 12.0. The van der Waals surface area contributed by atoms with Crippen molar-refractivity contribution in [3.8, 4) is 0 Å². The van der Waals surface area contributed by atoms with Gasteiger partial charge in [0.15, 0.2) is 0 Å². The Hall–Kier alpha value is -0.0400. The maximum atomic E-state index is 5.72. The Balaban J connectivity index is 3.69. The summed E-state index contributed by atoms with van der Waals surface area (Å²) in [6, 6.07) is 0. The lowest BCUT2D eigenvalue weighted by atomic mass is 9.85. The van der Waals surface area contributed by atoms with Gasteiger partial charge in [0.2, 0.25) is 0 Å². The van der Waals surface area contributed by atoms with E-state index in [2.05, 4.69) is 27.7 Å². The van der Waals surface area contributed by atoms with Crippen LogP contribution in [0.1, 0.15) is 47.0 Å². The van der Waals surface area contributed by atoms with Gasteiger partial charge in [0.05, 0.1) is 0 Å². The zero-order valence-electron chi connectivity index (χ0n) is 9.14. The van der Waals surface area contributed by atoms with E-state index in [4.69, 9.17) is 5.73 Å². The number of rotatable bonds is 6. The van der Waals surface area contributed by atoms with Gasteiger partial charge in [-0.3, -0.25) is 0 Å². The van der Waals surface area contributed by atoms with Gasteiger partial charge in [-0.2, -0.15) is 0 Å². The summed E-state index contributed by atoms with van der Waals surface area (Å²) in [6.07, 6.45) is 3.96. The maximum Gasteiger partial charge on any atom is -0.00463 e. The second kappa shape index (κ2) is 6.47. The number of hydrogen-bond acceptors (Lipinski definition) is 1. The first-order valence-electron chi connectivity index (χ1n) is 5.31. The predicted octanol–water partition coefficient (Wildman–Crippen LogP) is 3.04. The van der Waals surface area contributed by atoms with Gasteiger partial charge in [0, 0.05) is 0 Å². The smallest absolute Gasteiger partial charge is 0.00463 e. The molecule has 74 valence electrons. The molecule has 0 aromatic carbocycles. The minimum atomic E-state index is 0.728. The van der Waals surface area contributed by atoms with Crippen LogP contribution in [0.5, 0.6) is 0 Å². The molecule has 0 aromatic rings. The molecule has 2 unspecified atom stereocenters. The van der Waals surface area contributed by atoms with Gasteiger partial charge in [0.1, 0.15) is 0 Å². The van der Waals surface area contributed by atoms with Crippen LogP contribution >= 0.6 is 0 Å². The molecule has 0 aliphatic heterocycles. The largest absolute Gasteiger partial charge is 0.330 e. The number of nitrogens with two attached hydrogens (primary N) is 1. The highest BCUT2D eigenvalue weighted by atomic mass is 14.6. The Morgan fingerprint density at radius 2 is 1.75 bits per heavy atom. The van der Waals surface area contributed by atoms with Crippen LogP contribution in [0, 0.1) is 17.8 Å². The van der Waals surface area contributed by atoms with Crippen LogP contribution in [-0.4, -0.2) is 6.54 Å². The molecule has 1 heteroatoms. The highest BCUT2D eigenvalue weighted by molar-refractivity contribution is 4.67. The molecule has 2 atom stereocenters. The molecule has 0 fully saturated rings. The summed E-state index contributed by atoms with van der Waals surface area (Å²) >= 11 is 0. The van der Waals surface area contributed by atoms with Crippen LogP contribution in [0.2, 0.25) is 0 Å². The lowest BCUT2D eigenvalue weighted by molar-refractivity contribution is 0.304. The summed E-state index contributed by atoms with van der Waals surface area (Å²) in [4.78, 5) is 0. The molecule has 0 amide bonds. The monoisotopic (exact) mass is 171 g/mol. The van der Waals surface area contributed by atoms with Crippen LogP contribution in [0.3, 0.4) is 0 Å². The van der Waals surface area contributed by atoms with E-state index < -0.39 is 0 Å². The van der Waals surface area contributed by atoms with E-state index in [9.17, 15) is 0 Å². The SMILES string of the molecule is CCCC(C)CC(CN)C(C)C. The zero-order chi connectivity index (χ0) is 9.56. The lowest BCUT2D eigenvalue weighted by Crippen LogP contribution is -2.22. The predicted molar refractivity (Wildman–Crippen MR) is 56.1 cm³/mol. The number of hydrogen-bond donors (Lipinski definition) is 1. The highest BCUT2D eigenvalue weighted by Crippen LogP contribution is 2.21. The second-order valence-corrected chi connectivity index (χ2v) is 4.37. The molecule has 0 heterocycles. The lowest BCUT2D eigenvalue weighted by Gasteiger charge is -2.22. The van der Waals surface area contributed by atoms with E-state index in [1.165, 1.54) is 19.3 Å². The van der Waals surface area contributed by atoms with Crippen molar-refractivity contribution in [2.24, 2.45) is 23.5 Å². The van der Waals surface area contributed by atoms with Gasteiger partial charge >= 0.3 is 0 Å². The molecule has 0 spiro atoms. The molecule has 0 aliphatic rings. The quantitative estimate of drug-likeness (QED) is 0.653. The van der Waals surface area contributed by atoms with Crippen LogP contribution in [0.25, 0.3) is 0 Å². The van der Waals surface area contributed by atoms with Crippen molar-refractivity contribution in [3.05, 3.63) is 0 Å². The fraction of sp³-hybridized carbons (Fsp3) is 1.00. The topological polar surface area (TPSA) is 26.0 Å². The van der Waals surface area contributed by atoms with Crippen molar-refractivity contribution in [1.29, 1.82) is 0 Å². The molecule has 1 nitrogen and oxygen atoms in total. The van der Waals surface area contributed by atoms with E-state index in [0.717, 1.165) is 24.3 Å². The molecule has 0 rings (SSSR count). The third-order valence-corrected chi connectivity index (χ3v) is 2.73. The Bertz CT molecular complexity index is 99.2. The Morgan fingerprint density at radius 1 is 1.17 bits per heavy atom. The second-order valence-electron chi connectivity index (χ2n) is 4.37. The third-order valence-electron chi connectivity index (χ3n) is 2.73. The van der Waals surface area contributed by atoms with Gasteiger partial charge in [-0.1, -0.05) is 40.5 Å². The van der Waals surface area contributed by atoms with Gasteiger partial charge < -0.3 is 5.73 Å².